The summed E-state index contributed by atoms with van der Waals surface area (Å²) in [6, 6.07) is 17.9. The van der Waals surface area contributed by atoms with Crippen LogP contribution in [0.4, 0.5) is 11.6 Å². The summed E-state index contributed by atoms with van der Waals surface area (Å²) in [7, 11) is 4.02. The first-order valence-corrected chi connectivity index (χ1v) is 7.54. The highest BCUT2D eigenvalue weighted by Gasteiger charge is 2.01. The van der Waals surface area contributed by atoms with Crippen LogP contribution in [0, 0.1) is 0 Å². The van der Waals surface area contributed by atoms with Gasteiger partial charge in [-0.1, -0.05) is 42.5 Å². The molecule has 0 spiro atoms. The Morgan fingerprint density at radius 3 is 2.46 bits per heavy atom. The highest BCUT2D eigenvalue weighted by Crippen LogP contribution is 2.15. The second kappa shape index (κ2) is 7.32. The Morgan fingerprint density at radius 2 is 1.75 bits per heavy atom. The molecule has 6 nitrogen and oxygen atoms in total. The van der Waals surface area contributed by atoms with Crippen molar-refractivity contribution in [1.82, 2.24) is 15.2 Å². The Hall–Kier alpha value is -3.28. The molecule has 0 saturated carbocycles. The van der Waals surface area contributed by atoms with Gasteiger partial charge in [-0.15, -0.1) is 5.10 Å². The summed E-state index contributed by atoms with van der Waals surface area (Å²) in [5.41, 5.74) is 6.68. The number of aromatic nitrogens is 3. The molecule has 1 N–H and O–H groups in total. The lowest BCUT2D eigenvalue weighted by Gasteiger charge is -2.11. The summed E-state index contributed by atoms with van der Waals surface area (Å²) in [6.45, 7) is 0. The number of hydrazone groups is 1. The number of benzene rings is 2. The first kappa shape index (κ1) is 15.6. The molecule has 2 aromatic carbocycles. The van der Waals surface area contributed by atoms with Crippen LogP contribution in [0.3, 0.4) is 0 Å². The van der Waals surface area contributed by atoms with Crippen molar-refractivity contribution in [2.45, 2.75) is 0 Å². The van der Waals surface area contributed by atoms with E-state index in [0.717, 1.165) is 22.5 Å². The van der Waals surface area contributed by atoms with Crippen LogP contribution in [0.5, 0.6) is 0 Å². The molecule has 0 aliphatic rings. The quantitative estimate of drug-likeness (QED) is 0.578. The first-order chi connectivity index (χ1) is 11.7. The van der Waals surface area contributed by atoms with E-state index < -0.39 is 0 Å². The molecule has 1 aromatic heterocycles. The lowest BCUT2D eigenvalue weighted by Crippen LogP contribution is -2.08. The molecule has 0 fully saturated rings. The third-order valence-corrected chi connectivity index (χ3v) is 3.42. The fourth-order valence-electron chi connectivity index (χ4n) is 2.12. The summed E-state index contributed by atoms with van der Waals surface area (Å²) < 4.78 is 0. The SMILES string of the molecule is CN(C)c1ccc(C=NNc2nncc(-c3ccccc3)n2)cc1. The standard InChI is InChI=1S/C18H18N6/c1-24(2)16-10-8-14(9-11-16)12-19-22-18-21-17(13-20-23-18)15-6-4-3-5-7-15/h3-13H,1-2H3,(H,21,22,23). The number of rotatable bonds is 5. The van der Waals surface area contributed by atoms with Gasteiger partial charge >= 0.3 is 0 Å². The van der Waals surface area contributed by atoms with Gasteiger partial charge < -0.3 is 4.90 Å². The maximum Gasteiger partial charge on any atom is 0.263 e. The predicted octanol–water partition coefficient (Wildman–Crippen LogP) is 3.05. The van der Waals surface area contributed by atoms with Crippen LogP contribution in [0.1, 0.15) is 5.56 Å². The van der Waals surface area contributed by atoms with E-state index in [4.69, 9.17) is 0 Å². The van der Waals surface area contributed by atoms with Crippen LogP contribution in [0.2, 0.25) is 0 Å². The number of hydrogen-bond donors (Lipinski definition) is 1. The van der Waals surface area contributed by atoms with Crippen molar-refractivity contribution >= 4 is 17.9 Å². The average molecular weight is 318 g/mol. The van der Waals surface area contributed by atoms with Gasteiger partial charge in [0, 0.05) is 25.3 Å². The largest absolute Gasteiger partial charge is 0.378 e. The Kier molecular flexibility index (Phi) is 4.76. The van der Waals surface area contributed by atoms with Crippen molar-refractivity contribution in [2.75, 3.05) is 24.4 Å². The summed E-state index contributed by atoms with van der Waals surface area (Å²) >= 11 is 0. The number of nitrogens with one attached hydrogen (secondary N) is 1. The molecule has 24 heavy (non-hydrogen) atoms. The summed E-state index contributed by atoms with van der Waals surface area (Å²) in [6.07, 6.45) is 3.35. The number of anilines is 2. The Balaban J connectivity index is 1.68. The fraction of sp³-hybridized carbons (Fsp3) is 0.111. The lowest BCUT2D eigenvalue weighted by molar-refractivity contribution is 0.967. The molecule has 3 aromatic rings. The lowest BCUT2D eigenvalue weighted by atomic mass is 10.2. The molecule has 0 unspecified atom stereocenters. The van der Waals surface area contributed by atoms with Crippen LogP contribution in [-0.4, -0.2) is 35.5 Å². The fourth-order valence-corrected chi connectivity index (χ4v) is 2.12. The van der Waals surface area contributed by atoms with Crippen LogP contribution >= 0.6 is 0 Å². The number of hydrogen-bond acceptors (Lipinski definition) is 6. The van der Waals surface area contributed by atoms with E-state index in [1.165, 1.54) is 0 Å². The zero-order valence-corrected chi connectivity index (χ0v) is 13.6. The zero-order valence-electron chi connectivity index (χ0n) is 13.6. The second-order valence-corrected chi connectivity index (χ2v) is 5.39. The van der Waals surface area contributed by atoms with Crippen LogP contribution in [0.15, 0.2) is 65.9 Å². The van der Waals surface area contributed by atoms with E-state index >= 15 is 0 Å². The molecule has 3 rings (SSSR count). The van der Waals surface area contributed by atoms with Gasteiger partial charge in [0.1, 0.15) is 0 Å². The predicted molar refractivity (Wildman–Crippen MR) is 97.2 cm³/mol. The van der Waals surface area contributed by atoms with E-state index in [0.29, 0.717) is 5.95 Å². The van der Waals surface area contributed by atoms with Crippen molar-refractivity contribution in [2.24, 2.45) is 5.10 Å². The summed E-state index contributed by atoms with van der Waals surface area (Å²) in [5, 5.41) is 12.1. The van der Waals surface area contributed by atoms with Gasteiger partial charge in [-0.25, -0.2) is 10.4 Å². The Labute approximate surface area is 140 Å². The summed E-state index contributed by atoms with van der Waals surface area (Å²) in [4.78, 5) is 6.46. The van der Waals surface area contributed by atoms with E-state index in [1.54, 1.807) is 12.4 Å². The minimum atomic E-state index is 0.359. The molecular formula is C18H18N6. The van der Waals surface area contributed by atoms with Gasteiger partial charge in [0.25, 0.3) is 5.95 Å². The number of nitrogens with zero attached hydrogens (tertiary/aromatic N) is 5. The second-order valence-electron chi connectivity index (χ2n) is 5.39. The van der Waals surface area contributed by atoms with E-state index in [9.17, 15) is 0 Å². The topological polar surface area (TPSA) is 66.3 Å². The van der Waals surface area contributed by atoms with Gasteiger partial charge in [0.2, 0.25) is 0 Å². The highest BCUT2D eigenvalue weighted by atomic mass is 15.4. The monoisotopic (exact) mass is 318 g/mol. The zero-order chi connectivity index (χ0) is 16.8. The molecule has 1 heterocycles. The van der Waals surface area contributed by atoms with Crippen LogP contribution in [0.25, 0.3) is 11.3 Å². The molecule has 120 valence electrons. The third-order valence-electron chi connectivity index (χ3n) is 3.42. The minimum Gasteiger partial charge on any atom is -0.378 e. The highest BCUT2D eigenvalue weighted by molar-refractivity contribution is 5.80. The molecule has 6 heteroatoms. The van der Waals surface area contributed by atoms with Gasteiger partial charge in [-0.05, 0) is 17.7 Å². The Morgan fingerprint density at radius 1 is 1.00 bits per heavy atom. The minimum absolute atomic E-state index is 0.359. The van der Waals surface area contributed by atoms with E-state index in [1.807, 2.05) is 73.6 Å². The van der Waals surface area contributed by atoms with Crippen LogP contribution in [-0.2, 0) is 0 Å². The molecule has 0 saturated heterocycles. The molecule has 0 amide bonds. The van der Waals surface area contributed by atoms with Crippen molar-refractivity contribution in [3.8, 4) is 11.3 Å². The third kappa shape index (κ3) is 3.92. The van der Waals surface area contributed by atoms with E-state index in [-0.39, 0.29) is 0 Å². The summed E-state index contributed by atoms with van der Waals surface area (Å²) in [5.74, 6) is 0.359. The van der Waals surface area contributed by atoms with Crippen LogP contribution < -0.4 is 10.3 Å². The van der Waals surface area contributed by atoms with Gasteiger partial charge in [0.05, 0.1) is 18.1 Å². The molecule has 0 aliphatic heterocycles. The first-order valence-electron chi connectivity index (χ1n) is 7.54. The maximum absolute atomic E-state index is 4.41. The average Bonchev–Trinajstić information content (AvgIpc) is 2.63. The van der Waals surface area contributed by atoms with Crippen molar-refractivity contribution in [3.63, 3.8) is 0 Å². The molecular weight excluding hydrogens is 300 g/mol. The van der Waals surface area contributed by atoms with Crippen molar-refractivity contribution in [1.29, 1.82) is 0 Å². The normalized spacial score (nSPS) is 10.8. The Bertz CT molecular complexity index is 812. The molecule has 0 bridgehead atoms. The molecule has 0 radical (unpaired) electrons. The maximum atomic E-state index is 4.41. The van der Waals surface area contributed by atoms with Gasteiger partial charge in [0.15, 0.2) is 0 Å². The van der Waals surface area contributed by atoms with Crippen molar-refractivity contribution < 1.29 is 0 Å². The van der Waals surface area contributed by atoms with Crippen molar-refractivity contribution in [3.05, 3.63) is 66.4 Å². The van der Waals surface area contributed by atoms with Gasteiger partial charge in [-0.2, -0.15) is 10.2 Å². The molecule has 0 aliphatic carbocycles. The van der Waals surface area contributed by atoms with E-state index in [2.05, 4.69) is 25.7 Å². The smallest absolute Gasteiger partial charge is 0.263 e. The van der Waals surface area contributed by atoms with Gasteiger partial charge in [-0.3, -0.25) is 0 Å². The molecule has 0 atom stereocenters.